The first-order chi connectivity index (χ1) is 8.18. The van der Waals surface area contributed by atoms with Gasteiger partial charge in [0, 0.05) is 22.2 Å². The van der Waals surface area contributed by atoms with Crippen molar-refractivity contribution in [2.45, 2.75) is 20.8 Å². The highest BCUT2D eigenvalue weighted by molar-refractivity contribution is 6.36. The van der Waals surface area contributed by atoms with E-state index in [4.69, 9.17) is 28.6 Å². The number of hydrogen-bond acceptors (Lipinski definition) is 3. The second-order valence-electron chi connectivity index (χ2n) is 5.30. The molecule has 0 saturated heterocycles. The average molecular weight is 290 g/mol. The Morgan fingerprint density at radius 1 is 1.33 bits per heavy atom. The number of aliphatic hydroxyl groups excluding tert-OH is 1. The maximum atomic E-state index is 9.89. The normalized spacial score (nSPS) is 13.4. The second kappa shape index (κ2) is 5.47. The van der Waals surface area contributed by atoms with Crippen LogP contribution in [0.2, 0.25) is 10.0 Å². The lowest BCUT2D eigenvalue weighted by Gasteiger charge is -2.30. The molecule has 18 heavy (non-hydrogen) atoms. The van der Waals surface area contributed by atoms with Gasteiger partial charge >= 0.3 is 0 Å². The van der Waals surface area contributed by atoms with E-state index in [1.807, 2.05) is 20.8 Å². The van der Waals surface area contributed by atoms with Crippen LogP contribution in [0, 0.1) is 16.7 Å². The fraction of sp³-hybridized carbons (Fsp3) is 0.462. The molecule has 3 nitrogen and oxygen atoms in total. The summed E-state index contributed by atoms with van der Waals surface area (Å²) in [6.07, 6.45) is 0. The fourth-order valence-electron chi connectivity index (χ4n) is 1.76. The first-order valence-electron chi connectivity index (χ1n) is 5.56. The van der Waals surface area contributed by atoms with Crippen LogP contribution in [0.3, 0.4) is 0 Å². The van der Waals surface area contributed by atoms with Gasteiger partial charge in [-0.05, 0) is 17.5 Å². The van der Waals surface area contributed by atoms with Crippen molar-refractivity contribution in [2.24, 2.45) is 11.3 Å². The van der Waals surface area contributed by atoms with E-state index in [1.165, 1.54) is 12.1 Å². The number of benzene rings is 1. The molecule has 1 aromatic carbocycles. The minimum Gasteiger partial charge on any atom is -0.506 e. The molecule has 0 spiro atoms. The van der Waals surface area contributed by atoms with Crippen molar-refractivity contribution < 1.29 is 10.2 Å². The fourth-order valence-corrected chi connectivity index (χ4v) is 2.25. The topological polar surface area (TPSA) is 64.3 Å². The Kier molecular flexibility index (Phi) is 4.65. The van der Waals surface area contributed by atoms with Crippen LogP contribution in [0.15, 0.2) is 12.1 Å². The zero-order chi connectivity index (χ0) is 14.1. The van der Waals surface area contributed by atoms with E-state index < -0.39 is 5.92 Å². The summed E-state index contributed by atoms with van der Waals surface area (Å²) in [6.45, 7) is 5.59. The minimum absolute atomic E-state index is 0.104. The highest BCUT2D eigenvalue weighted by atomic mass is 35.5. The first kappa shape index (κ1) is 15.3. The first-order valence-corrected chi connectivity index (χ1v) is 6.31. The van der Waals surface area contributed by atoms with Crippen LogP contribution in [0.4, 0.5) is 0 Å². The van der Waals surface area contributed by atoms with Gasteiger partial charge in [0.05, 0.1) is 11.6 Å². The van der Waals surface area contributed by atoms with Crippen LogP contribution in [0.25, 0.3) is 0 Å². The number of nitrogens with one attached hydrogen (secondary N) is 1. The largest absolute Gasteiger partial charge is 0.506 e. The molecule has 100 valence electrons. The Morgan fingerprint density at radius 3 is 2.33 bits per heavy atom. The van der Waals surface area contributed by atoms with E-state index in [0.29, 0.717) is 5.02 Å². The number of hydrogen-bond donors (Lipinski definition) is 3. The van der Waals surface area contributed by atoms with Crippen molar-refractivity contribution in [3.05, 3.63) is 27.7 Å². The zero-order valence-corrected chi connectivity index (χ0v) is 12.1. The summed E-state index contributed by atoms with van der Waals surface area (Å²) in [6, 6.07) is 2.90. The second-order valence-corrected chi connectivity index (χ2v) is 6.14. The summed E-state index contributed by atoms with van der Waals surface area (Å²) in [7, 11) is 0. The van der Waals surface area contributed by atoms with Gasteiger partial charge < -0.3 is 15.6 Å². The molecule has 0 saturated carbocycles. The lowest BCUT2D eigenvalue weighted by molar-refractivity contribution is 0.180. The highest BCUT2D eigenvalue weighted by Gasteiger charge is 2.30. The van der Waals surface area contributed by atoms with Crippen molar-refractivity contribution in [2.75, 3.05) is 6.61 Å². The quantitative estimate of drug-likeness (QED) is 0.743. The maximum absolute atomic E-state index is 9.89. The van der Waals surface area contributed by atoms with Crippen LogP contribution in [0.5, 0.6) is 5.75 Å². The van der Waals surface area contributed by atoms with Crippen LogP contribution >= 0.6 is 23.2 Å². The summed E-state index contributed by atoms with van der Waals surface area (Å²) in [4.78, 5) is 0. The molecule has 0 amide bonds. The number of halogens is 2. The van der Waals surface area contributed by atoms with Crippen molar-refractivity contribution in [3.8, 4) is 5.75 Å². The van der Waals surface area contributed by atoms with Crippen LogP contribution < -0.4 is 0 Å². The van der Waals surface area contributed by atoms with Gasteiger partial charge in [-0.2, -0.15) is 0 Å². The van der Waals surface area contributed by atoms with E-state index in [2.05, 4.69) is 0 Å². The van der Waals surface area contributed by atoms with Gasteiger partial charge in [0.25, 0.3) is 0 Å². The molecule has 0 bridgehead atoms. The van der Waals surface area contributed by atoms with Crippen LogP contribution in [-0.4, -0.2) is 22.5 Å². The molecule has 5 heteroatoms. The maximum Gasteiger partial charge on any atom is 0.143 e. The summed E-state index contributed by atoms with van der Waals surface area (Å²) in [5.74, 6) is -0.577. The Bertz CT molecular complexity index is 467. The molecular weight excluding hydrogens is 273 g/mol. The summed E-state index contributed by atoms with van der Waals surface area (Å²) in [5.41, 5.74) is 0.0981. The molecule has 1 unspecified atom stereocenters. The molecule has 1 rings (SSSR count). The smallest absolute Gasteiger partial charge is 0.143 e. The van der Waals surface area contributed by atoms with Crippen molar-refractivity contribution in [3.63, 3.8) is 0 Å². The van der Waals surface area contributed by atoms with E-state index in [1.54, 1.807) is 0 Å². The standard InChI is InChI=1S/C13H17Cl2NO2/c1-13(2,3)9(6-17)11(16)8-4-7(14)5-10(15)12(8)18/h4-5,9,16-18H,6H2,1-3H3. The lowest BCUT2D eigenvalue weighted by Crippen LogP contribution is -2.31. The van der Waals surface area contributed by atoms with Crippen molar-refractivity contribution in [1.29, 1.82) is 5.41 Å². The molecule has 0 aliphatic rings. The predicted octanol–water partition coefficient (Wildman–Crippen LogP) is 3.72. The molecular formula is C13H17Cl2NO2. The molecule has 0 heterocycles. The monoisotopic (exact) mass is 289 g/mol. The van der Waals surface area contributed by atoms with Gasteiger partial charge in [-0.1, -0.05) is 44.0 Å². The van der Waals surface area contributed by atoms with E-state index >= 15 is 0 Å². The molecule has 0 radical (unpaired) electrons. The molecule has 0 aromatic heterocycles. The number of rotatable bonds is 3. The Labute approximate surface area is 117 Å². The van der Waals surface area contributed by atoms with Gasteiger partial charge in [0.2, 0.25) is 0 Å². The lowest BCUT2D eigenvalue weighted by atomic mass is 9.76. The predicted molar refractivity (Wildman–Crippen MR) is 75.0 cm³/mol. The molecule has 0 aliphatic carbocycles. The molecule has 1 aromatic rings. The van der Waals surface area contributed by atoms with Crippen LogP contribution in [0.1, 0.15) is 26.3 Å². The van der Waals surface area contributed by atoms with E-state index in [9.17, 15) is 10.2 Å². The van der Waals surface area contributed by atoms with Gasteiger partial charge in [0.15, 0.2) is 0 Å². The van der Waals surface area contributed by atoms with Gasteiger partial charge in [-0.15, -0.1) is 0 Å². The third-order valence-corrected chi connectivity index (χ3v) is 3.40. The van der Waals surface area contributed by atoms with Crippen molar-refractivity contribution >= 4 is 28.9 Å². The molecule has 1 atom stereocenters. The number of phenolic OH excluding ortho intramolecular Hbond substituents is 1. The zero-order valence-electron chi connectivity index (χ0n) is 10.6. The Hall–Kier alpha value is -0.770. The van der Waals surface area contributed by atoms with E-state index in [0.717, 1.165) is 0 Å². The Balaban J connectivity index is 3.26. The SMILES string of the molecule is CC(C)(C)C(CO)C(=N)c1cc(Cl)cc(Cl)c1O. The van der Waals surface area contributed by atoms with Crippen molar-refractivity contribution in [1.82, 2.24) is 0 Å². The summed E-state index contributed by atoms with van der Waals surface area (Å²) >= 11 is 11.7. The summed E-state index contributed by atoms with van der Waals surface area (Å²) in [5, 5.41) is 27.9. The average Bonchev–Trinajstić information content (AvgIpc) is 2.22. The molecule has 0 aliphatic heterocycles. The third-order valence-electron chi connectivity index (χ3n) is 2.89. The number of aliphatic hydroxyl groups is 1. The van der Waals surface area contributed by atoms with Crippen LogP contribution in [-0.2, 0) is 0 Å². The Morgan fingerprint density at radius 2 is 1.89 bits per heavy atom. The number of aromatic hydroxyl groups is 1. The molecule has 3 N–H and O–H groups in total. The highest BCUT2D eigenvalue weighted by Crippen LogP contribution is 2.36. The van der Waals surface area contributed by atoms with E-state index in [-0.39, 0.29) is 34.1 Å². The molecule has 0 fully saturated rings. The van der Waals surface area contributed by atoms with Gasteiger partial charge in [0.1, 0.15) is 5.75 Å². The van der Waals surface area contributed by atoms with Gasteiger partial charge in [-0.25, -0.2) is 0 Å². The van der Waals surface area contributed by atoms with Gasteiger partial charge in [-0.3, -0.25) is 0 Å². The number of phenols is 1. The minimum atomic E-state index is -0.405. The third kappa shape index (κ3) is 3.16. The summed E-state index contributed by atoms with van der Waals surface area (Å²) < 4.78 is 0.